The molecule has 0 bridgehead atoms. The van der Waals surface area contributed by atoms with Gasteiger partial charge in [0.05, 0.1) is 11.4 Å². The van der Waals surface area contributed by atoms with Gasteiger partial charge in [-0.2, -0.15) is 0 Å². The summed E-state index contributed by atoms with van der Waals surface area (Å²) < 4.78 is 18.5. The second kappa shape index (κ2) is 5.36. The Morgan fingerprint density at radius 3 is 2.82 bits per heavy atom. The standard InChI is InChI=1S/C13H19FN2O/c1-9(10-4-6-17-7-5-10)16-13-8-11(14)2-3-12(13)15/h2-3,8-10,16H,4-7,15H2,1H3. The van der Waals surface area contributed by atoms with Gasteiger partial charge in [-0.25, -0.2) is 4.39 Å². The molecule has 17 heavy (non-hydrogen) atoms. The number of rotatable bonds is 3. The lowest BCUT2D eigenvalue weighted by atomic mass is 9.93. The summed E-state index contributed by atoms with van der Waals surface area (Å²) in [6.07, 6.45) is 2.09. The number of anilines is 2. The van der Waals surface area contributed by atoms with Crippen molar-refractivity contribution in [2.24, 2.45) is 5.92 Å². The molecule has 1 aromatic carbocycles. The quantitative estimate of drug-likeness (QED) is 0.796. The van der Waals surface area contributed by atoms with Gasteiger partial charge in [-0.05, 0) is 43.9 Å². The third-order valence-electron chi connectivity index (χ3n) is 3.37. The summed E-state index contributed by atoms with van der Waals surface area (Å²) in [6, 6.07) is 4.70. The van der Waals surface area contributed by atoms with Crippen LogP contribution in [0.1, 0.15) is 19.8 Å². The Labute approximate surface area is 101 Å². The molecule has 1 saturated heterocycles. The first kappa shape index (κ1) is 12.2. The molecule has 1 aromatic rings. The third-order valence-corrected chi connectivity index (χ3v) is 3.37. The largest absolute Gasteiger partial charge is 0.397 e. The fourth-order valence-electron chi connectivity index (χ4n) is 2.23. The van der Waals surface area contributed by atoms with E-state index in [0.29, 0.717) is 17.3 Å². The van der Waals surface area contributed by atoms with Crippen LogP contribution in [0.5, 0.6) is 0 Å². The van der Waals surface area contributed by atoms with Crippen molar-refractivity contribution in [2.75, 3.05) is 24.3 Å². The van der Waals surface area contributed by atoms with Gasteiger partial charge in [0.25, 0.3) is 0 Å². The minimum atomic E-state index is -0.263. The van der Waals surface area contributed by atoms with Gasteiger partial charge in [-0.15, -0.1) is 0 Å². The van der Waals surface area contributed by atoms with Crippen LogP contribution in [0.15, 0.2) is 18.2 Å². The molecule has 1 heterocycles. The minimum absolute atomic E-state index is 0.263. The van der Waals surface area contributed by atoms with Crippen LogP contribution in [0.2, 0.25) is 0 Å². The predicted octanol–water partition coefficient (Wildman–Crippen LogP) is 2.63. The fraction of sp³-hybridized carbons (Fsp3) is 0.538. The zero-order valence-corrected chi connectivity index (χ0v) is 10.1. The van der Waals surface area contributed by atoms with Crippen molar-refractivity contribution in [3.05, 3.63) is 24.0 Å². The lowest BCUT2D eigenvalue weighted by molar-refractivity contribution is 0.0622. The summed E-state index contributed by atoms with van der Waals surface area (Å²) in [4.78, 5) is 0. The van der Waals surface area contributed by atoms with E-state index >= 15 is 0 Å². The summed E-state index contributed by atoms with van der Waals surface area (Å²) >= 11 is 0. The molecule has 4 heteroatoms. The molecule has 94 valence electrons. The van der Waals surface area contributed by atoms with E-state index in [0.717, 1.165) is 26.1 Å². The topological polar surface area (TPSA) is 47.3 Å². The Hall–Kier alpha value is -1.29. The van der Waals surface area contributed by atoms with Crippen molar-refractivity contribution in [2.45, 2.75) is 25.8 Å². The zero-order chi connectivity index (χ0) is 12.3. The fourth-order valence-corrected chi connectivity index (χ4v) is 2.23. The van der Waals surface area contributed by atoms with E-state index in [4.69, 9.17) is 10.5 Å². The van der Waals surface area contributed by atoms with Crippen molar-refractivity contribution < 1.29 is 9.13 Å². The second-order valence-electron chi connectivity index (χ2n) is 4.61. The number of ether oxygens (including phenoxy) is 1. The minimum Gasteiger partial charge on any atom is -0.397 e. The van der Waals surface area contributed by atoms with Gasteiger partial charge in [0.15, 0.2) is 0 Å². The Kier molecular flexibility index (Phi) is 3.84. The molecule has 0 spiro atoms. The van der Waals surface area contributed by atoms with Crippen molar-refractivity contribution in [1.29, 1.82) is 0 Å². The first-order valence-electron chi connectivity index (χ1n) is 6.06. The molecule has 3 nitrogen and oxygen atoms in total. The summed E-state index contributed by atoms with van der Waals surface area (Å²) in [6.45, 7) is 3.74. The maximum absolute atomic E-state index is 13.1. The highest BCUT2D eigenvalue weighted by Crippen LogP contribution is 2.25. The molecule has 0 aliphatic carbocycles. The second-order valence-corrected chi connectivity index (χ2v) is 4.61. The Morgan fingerprint density at radius 1 is 1.41 bits per heavy atom. The summed E-state index contributed by atoms with van der Waals surface area (Å²) in [5.41, 5.74) is 7.09. The maximum atomic E-state index is 13.1. The summed E-state index contributed by atoms with van der Waals surface area (Å²) in [7, 11) is 0. The van der Waals surface area contributed by atoms with Crippen molar-refractivity contribution in [3.8, 4) is 0 Å². The lowest BCUT2D eigenvalue weighted by Gasteiger charge is -2.29. The summed E-state index contributed by atoms with van der Waals surface area (Å²) in [5, 5.41) is 3.30. The van der Waals surface area contributed by atoms with Crippen LogP contribution >= 0.6 is 0 Å². The predicted molar refractivity (Wildman–Crippen MR) is 67.4 cm³/mol. The van der Waals surface area contributed by atoms with Crippen LogP contribution in [0.4, 0.5) is 15.8 Å². The molecule has 0 aromatic heterocycles. The Morgan fingerprint density at radius 2 is 2.12 bits per heavy atom. The van der Waals surface area contributed by atoms with Gasteiger partial charge in [0, 0.05) is 19.3 Å². The number of nitrogen functional groups attached to an aromatic ring is 1. The van der Waals surface area contributed by atoms with Crippen LogP contribution in [-0.4, -0.2) is 19.3 Å². The van der Waals surface area contributed by atoms with Crippen molar-refractivity contribution >= 4 is 11.4 Å². The Bertz CT molecular complexity index is 378. The normalized spacial score (nSPS) is 18.9. The van der Waals surface area contributed by atoms with Crippen LogP contribution in [0.3, 0.4) is 0 Å². The number of benzene rings is 1. The van der Waals surface area contributed by atoms with E-state index in [2.05, 4.69) is 12.2 Å². The van der Waals surface area contributed by atoms with E-state index in [1.54, 1.807) is 6.07 Å². The highest BCUT2D eigenvalue weighted by Gasteiger charge is 2.20. The molecule has 3 N–H and O–H groups in total. The van der Waals surface area contributed by atoms with Crippen LogP contribution in [0.25, 0.3) is 0 Å². The number of halogens is 1. The van der Waals surface area contributed by atoms with E-state index < -0.39 is 0 Å². The highest BCUT2D eigenvalue weighted by atomic mass is 19.1. The van der Waals surface area contributed by atoms with E-state index in [-0.39, 0.29) is 11.9 Å². The first-order valence-corrected chi connectivity index (χ1v) is 6.06. The number of hydrogen-bond donors (Lipinski definition) is 2. The van der Waals surface area contributed by atoms with E-state index in [1.165, 1.54) is 12.1 Å². The molecule has 2 rings (SSSR count). The molecule has 0 amide bonds. The smallest absolute Gasteiger partial charge is 0.125 e. The molecular weight excluding hydrogens is 219 g/mol. The average Bonchev–Trinajstić information content (AvgIpc) is 2.35. The van der Waals surface area contributed by atoms with E-state index in [1.807, 2.05) is 0 Å². The summed E-state index contributed by atoms with van der Waals surface area (Å²) in [5.74, 6) is 0.298. The molecule has 1 atom stereocenters. The first-order chi connectivity index (χ1) is 8.16. The molecule has 1 unspecified atom stereocenters. The van der Waals surface area contributed by atoms with Crippen LogP contribution in [-0.2, 0) is 4.74 Å². The SMILES string of the molecule is CC(Nc1cc(F)ccc1N)C1CCOCC1. The lowest BCUT2D eigenvalue weighted by Crippen LogP contribution is -2.31. The van der Waals surface area contributed by atoms with E-state index in [9.17, 15) is 4.39 Å². The van der Waals surface area contributed by atoms with Gasteiger partial charge in [0.1, 0.15) is 5.82 Å². The van der Waals surface area contributed by atoms with Gasteiger partial charge in [-0.1, -0.05) is 0 Å². The maximum Gasteiger partial charge on any atom is 0.125 e. The molecule has 0 radical (unpaired) electrons. The Balaban J connectivity index is 2.01. The highest BCUT2D eigenvalue weighted by molar-refractivity contribution is 5.66. The number of hydrogen-bond acceptors (Lipinski definition) is 3. The molecular formula is C13H19FN2O. The van der Waals surface area contributed by atoms with Gasteiger partial charge >= 0.3 is 0 Å². The molecule has 0 saturated carbocycles. The number of nitrogens with two attached hydrogens (primary N) is 1. The van der Waals surface area contributed by atoms with Crippen LogP contribution in [0, 0.1) is 11.7 Å². The monoisotopic (exact) mass is 238 g/mol. The number of nitrogens with one attached hydrogen (secondary N) is 1. The van der Waals surface area contributed by atoms with Gasteiger partial charge in [-0.3, -0.25) is 0 Å². The average molecular weight is 238 g/mol. The van der Waals surface area contributed by atoms with Crippen molar-refractivity contribution in [1.82, 2.24) is 0 Å². The van der Waals surface area contributed by atoms with Crippen LogP contribution < -0.4 is 11.1 Å². The molecule has 1 aliphatic heterocycles. The molecule has 1 aliphatic rings. The zero-order valence-electron chi connectivity index (χ0n) is 10.1. The molecule has 1 fully saturated rings. The third kappa shape index (κ3) is 3.09. The van der Waals surface area contributed by atoms with Gasteiger partial charge < -0.3 is 15.8 Å². The van der Waals surface area contributed by atoms with Crippen molar-refractivity contribution in [3.63, 3.8) is 0 Å². The van der Waals surface area contributed by atoms with Gasteiger partial charge in [0.2, 0.25) is 0 Å².